The van der Waals surface area contributed by atoms with Gasteiger partial charge in [0.25, 0.3) is 0 Å². The van der Waals surface area contributed by atoms with E-state index in [2.05, 4.69) is 15.3 Å². The van der Waals surface area contributed by atoms with E-state index in [9.17, 15) is 4.79 Å². The van der Waals surface area contributed by atoms with E-state index in [1.807, 2.05) is 38.1 Å². The van der Waals surface area contributed by atoms with Crippen molar-refractivity contribution >= 4 is 17.6 Å². The van der Waals surface area contributed by atoms with Crippen LogP contribution in [0.4, 0.5) is 0 Å². The third-order valence-corrected chi connectivity index (χ3v) is 5.47. The van der Waals surface area contributed by atoms with E-state index in [0.717, 1.165) is 11.3 Å². The van der Waals surface area contributed by atoms with Crippen LogP contribution in [0.25, 0.3) is 17.1 Å². The first-order valence-corrected chi connectivity index (χ1v) is 11.3. The summed E-state index contributed by atoms with van der Waals surface area (Å²) in [6, 6.07) is 12.6. The molecule has 10 heteroatoms. The standard InChI is InChI=1S/C25H25ClN4O5/c1-14(2)34-19-9-6-17(7-10-19)24-27-21(16(4)35-24)13-33-25(31)23-15(3)30(29-28-23)18-8-11-22(32-5)20(26)12-18/h6-12,14H,13H2,1-5H3. The lowest BCUT2D eigenvalue weighted by Crippen LogP contribution is -2.09. The fourth-order valence-electron chi connectivity index (χ4n) is 3.39. The van der Waals surface area contributed by atoms with Crippen LogP contribution in [0.2, 0.25) is 5.02 Å². The van der Waals surface area contributed by atoms with Crippen molar-refractivity contribution in [3.05, 3.63) is 70.3 Å². The molecule has 0 unspecified atom stereocenters. The number of carbonyl (C=O) groups is 1. The van der Waals surface area contributed by atoms with Crippen LogP contribution in [0, 0.1) is 13.8 Å². The molecule has 0 N–H and O–H groups in total. The zero-order valence-corrected chi connectivity index (χ0v) is 20.8. The SMILES string of the molecule is COc1ccc(-n2nnc(C(=O)OCc3nc(-c4ccc(OC(C)C)cc4)oc3C)c2C)cc1Cl. The molecule has 182 valence electrons. The summed E-state index contributed by atoms with van der Waals surface area (Å²) in [7, 11) is 1.54. The number of hydrogen-bond donors (Lipinski definition) is 0. The van der Waals surface area contributed by atoms with Crippen LogP contribution in [0.5, 0.6) is 11.5 Å². The van der Waals surface area contributed by atoms with E-state index in [1.54, 1.807) is 32.0 Å². The minimum Gasteiger partial charge on any atom is -0.495 e. The molecule has 0 spiro atoms. The Morgan fingerprint density at radius 1 is 1.14 bits per heavy atom. The van der Waals surface area contributed by atoms with Gasteiger partial charge >= 0.3 is 5.97 Å². The quantitative estimate of drug-likeness (QED) is 0.301. The first kappa shape index (κ1) is 24.3. The Bertz CT molecular complexity index is 1340. The van der Waals surface area contributed by atoms with E-state index in [1.165, 1.54) is 11.8 Å². The second kappa shape index (κ2) is 10.2. The van der Waals surface area contributed by atoms with Crippen molar-refractivity contribution in [2.75, 3.05) is 7.11 Å². The van der Waals surface area contributed by atoms with Gasteiger partial charge in [-0.3, -0.25) is 0 Å². The molecule has 9 nitrogen and oxygen atoms in total. The van der Waals surface area contributed by atoms with Crippen LogP contribution >= 0.6 is 11.6 Å². The van der Waals surface area contributed by atoms with E-state index in [0.29, 0.717) is 39.5 Å². The van der Waals surface area contributed by atoms with Crippen molar-refractivity contribution in [1.82, 2.24) is 20.0 Å². The molecule has 0 amide bonds. The highest BCUT2D eigenvalue weighted by molar-refractivity contribution is 6.32. The molecule has 0 bridgehead atoms. The van der Waals surface area contributed by atoms with E-state index < -0.39 is 5.97 Å². The number of hydrogen-bond acceptors (Lipinski definition) is 8. The lowest BCUT2D eigenvalue weighted by molar-refractivity contribution is 0.0459. The number of halogens is 1. The van der Waals surface area contributed by atoms with E-state index >= 15 is 0 Å². The molecule has 0 radical (unpaired) electrons. The lowest BCUT2D eigenvalue weighted by Gasteiger charge is -2.09. The minimum absolute atomic E-state index is 0.0661. The van der Waals surface area contributed by atoms with Gasteiger partial charge in [0.1, 0.15) is 29.6 Å². The molecule has 2 heterocycles. The molecule has 2 aromatic carbocycles. The molecule has 0 atom stereocenters. The van der Waals surface area contributed by atoms with Gasteiger partial charge in [-0.2, -0.15) is 0 Å². The van der Waals surface area contributed by atoms with Crippen molar-refractivity contribution in [3.63, 3.8) is 0 Å². The van der Waals surface area contributed by atoms with Crippen molar-refractivity contribution < 1.29 is 23.4 Å². The molecule has 0 fully saturated rings. The molecular formula is C25H25ClN4O5. The number of benzene rings is 2. The van der Waals surface area contributed by atoms with Crippen molar-refractivity contribution in [1.29, 1.82) is 0 Å². The Kier molecular flexibility index (Phi) is 7.07. The minimum atomic E-state index is -0.618. The monoisotopic (exact) mass is 496 g/mol. The van der Waals surface area contributed by atoms with Crippen LogP contribution in [-0.4, -0.2) is 39.2 Å². The van der Waals surface area contributed by atoms with Crippen LogP contribution in [0.15, 0.2) is 46.9 Å². The van der Waals surface area contributed by atoms with Gasteiger partial charge in [-0.05, 0) is 70.2 Å². The summed E-state index contributed by atoms with van der Waals surface area (Å²) in [5, 5.41) is 8.48. The lowest BCUT2D eigenvalue weighted by atomic mass is 10.2. The predicted octanol–water partition coefficient (Wildman–Crippen LogP) is 5.35. The first-order valence-electron chi connectivity index (χ1n) is 10.9. The fraction of sp³-hybridized carbons (Fsp3) is 0.280. The predicted molar refractivity (Wildman–Crippen MR) is 129 cm³/mol. The zero-order valence-electron chi connectivity index (χ0n) is 20.0. The Hall–Kier alpha value is -3.85. The topological polar surface area (TPSA) is 102 Å². The number of methoxy groups -OCH3 is 1. The molecule has 0 saturated heterocycles. The number of aryl methyl sites for hydroxylation is 1. The summed E-state index contributed by atoms with van der Waals surface area (Å²) in [5.41, 5.74) is 2.56. The number of aromatic nitrogens is 4. The number of esters is 1. The van der Waals surface area contributed by atoms with Gasteiger partial charge in [-0.1, -0.05) is 16.8 Å². The van der Waals surface area contributed by atoms with Gasteiger partial charge in [-0.15, -0.1) is 5.10 Å². The summed E-state index contributed by atoms with van der Waals surface area (Å²) in [4.78, 5) is 17.2. The van der Waals surface area contributed by atoms with Gasteiger partial charge in [0.2, 0.25) is 5.89 Å². The summed E-state index contributed by atoms with van der Waals surface area (Å²) in [5.74, 6) is 1.68. The second-order valence-corrected chi connectivity index (χ2v) is 8.45. The Morgan fingerprint density at radius 3 is 2.54 bits per heavy atom. The van der Waals surface area contributed by atoms with Crippen molar-refractivity contribution in [2.45, 2.75) is 40.4 Å². The molecule has 0 aliphatic carbocycles. The molecule has 2 aromatic heterocycles. The Balaban J connectivity index is 1.45. The van der Waals surface area contributed by atoms with Crippen LogP contribution in [-0.2, 0) is 11.3 Å². The highest BCUT2D eigenvalue weighted by Gasteiger charge is 2.21. The maximum absolute atomic E-state index is 12.7. The summed E-state index contributed by atoms with van der Waals surface area (Å²) in [6.45, 7) is 7.36. The smallest absolute Gasteiger partial charge is 0.361 e. The van der Waals surface area contributed by atoms with Gasteiger partial charge in [0.05, 0.1) is 29.6 Å². The largest absolute Gasteiger partial charge is 0.495 e. The number of ether oxygens (including phenoxy) is 3. The van der Waals surface area contributed by atoms with Crippen molar-refractivity contribution in [2.24, 2.45) is 0 Å². The van der Waals surface area contributed by atoms with Crippen molar-refractivity contribution in [3.8, 4) is 28.6 Å². The molecule has 4 rings (SSSR count). The highest BCUT2D eigenvalue weighted by Crippen LogP contribution is 2.28. The Labute approximate surface area is 207 Å². The number of carbonyl (C=O) groups excluding carboxylic acids is 1. The number of nitrogens with zero attached hydrogens (tertiary/aromatic N) is 4. The Morgan fingerprint density at radius 2 is 1.89 bits per heavy atom. The summed E-state index contributed by atoms with van der Waals surface area (Å²) in [6.07, 6.45) is 0.0883. The molecule has 0 aliphatic rings. The molecule has 0 saturated carbocycles. The normalized spacial score (nSPS) is 11.1. The van der Waals surface area contributed by atoms with Gasteiger partial charge < -0.3 is 18.6 Å². The van der Waals surface area contributed by atoms with Crippen LogP contribution in [0.3, 0.4) is 0 Å². The van der Waals surface area contributed by atoms with Crippen LogP contribution in [0.1, 0.15) is 41.5 Å². The zero-order chi connectivity index (χ0) is 25.1. The third-order valence-electron chi connectivity index (χ3n) is 5.17. The average Bonchev–Trinajstić information content (AvgIpc) is 3.40. The summed E-state index contributed by atoms with van der Waals surface area (Å²) >= 11 is 6.21. The fourth-order valence-corrected chi connectivity index (χ4v) is 3.64. The van der Waals surface area contributed by atoms with E-state index in [4.69, 9.17) is 30.2 Å². The maximum Gasteiger partial charge on any atom is 0.361 e. The van der Waals surface area contributed by atoms with Gasteiger partial charge in [0, 0.05) is 5.56 Å². The molecule has 35 heavy (non-hydrogen) atoms. The second-order valence-electron chi connectivity index (χ2n) is 8.04. The third kappa shape index (κ3) is 5.30. The molecule has 0 aliphatic heterocycles. The van der Waals surface area contributed by atoms with E-state index in [-0.39, 0.29) is 18.4 Å². The number of rotatable bonds is 8. The highest BCUT2D eigenvalue weighted by atomic mass is 35.5. The molecular weight excluding hydrogens is 472 g/mol. The van der Waals surface area contributed by atoms with Gasteiger partial charge in [-0.25, -0.2) is 14.5 Å². The number of oxazole rings is 1. The summed E-state index contributed by atoms with van der Waals surface area (Å²) < 4.78 is 23.6. The average molecular weight is 497 g/mol. The van der Waals surface area contributed by atoms with Crippen LogP contribution < -0.4 is 9.47 Å². The first-order chi connectivity index (χ1) is 16.8. The van der Waals surface area contributed by atoms with Gasteiger partial charge in [0.15, 0.2) is 5.69 Å². The maximum atomic E-state index is 12.7. The molecule has 4 aromatic rings.